The van der Waals surface area contributed by atoms with Crippen LogP contribution >= 0.6 is 39.1 Å². The van der Waals surface area contributed by atoms with Gasteiger partial charge in [-0.1, -0.05) is 51.3 Å². The second-order valence-corrected chi connectivity index (χ2v) is 5.97. The van der Waals surface area contributed by atoms with Crippen molar-refractivity contribution >= 4 is 39.1 Å². The van der Waals surface area contributed by atoms with E-state index in [1.54, 1.807) is 18.2 Å². The fourth-order valence-electron chi connectivity index (χ4n) is 1.73. The Morgan fingerprint density at radius 2 is 1.74 bits per heavy atom. The molecule has 0 spiro atoms. The number of hydrogen-bond acceptors (Lipinski definition) is 0. The van der Waals surface area contributed by atoms with Crippen LogP contribution in [-0.2, 0) is 6.42 Å². The molecule has 0 nitrogen and oxygen atoms in total. The normalized spacial score (nSPS) is 12.5. The third-order valence-electron chi connectivity index (χ3n) is 2.75. The van der Waals surface area contributed by atoms with E-state index in [1.807, 2.05) is 0 Å². The number of rotatable bonds is 3. The van der Waals surface area contributed by atoms with Gasteiger partial charge >= 0.3 is 0 Å². The van der Waals surface area contributed by atoms with Gasteiger partial charge in [0.25, 0.3) is 0 Å². The third kappa shape index (κ3) is 3.47. The van der Waals surface area contributed by atoms with Gasteiger partial charge in [-0.2, -0.15) is 0 Å². The molecule has 0 bridgehead atoms. The first kappa shape index (κ1) is 14.8. The molecular formula is C14H9BrCl2F2. The van der Waals surface area contributed by atoms with E-state index in [-0.39, 0.29) is 15.7 Å². The summed E-state index contributed by atoms with van der Waals surface area (Å²) in [6, 6.07) is 8.96. The average Bonchev–Trinajstić information content (AvgIpc) is 2.37. The molecule has 5 heteroatoms. The van der Waals surface area contributed by atoms with Gasteiger partial charge in [-0.25, -0.2) is 8.78 Å². The lowest BCUT2D eigenvalue weighted by atomic mass is 10.0. The van der Waals surface area contributed by atoms with Crippen molar-refractivity contribution in [2.75, 3.05) is 0 Å². The highest BCUT2D eigenvalue weighted by Gasteiger charge is 2.15. The Kier molecular flexibility index (Phi) is 4.82. The van der Waals surface area contributed by atoms with Crippen molar-refractivity contribution in [3.63, 3.8) is 0 Å². The van der Waals surface area contributed by atoms with E-state index in [1.165, 1.54) is 18.2 Å². The van der Waals surface area contributed by atoms with Gasteiger partial charge in [0, 0.05) is 15.4 Å². The van der Waals surface area contributed by atoms with E-state index in [0.717, 1.165) is 5.56 Å². The van der Waals surface area contributed by atoms with Crippen LogP contribution in [0.4, 0.5) is 8.78 Å². The van der Waals surface area contributed by atoms with Gasteiger partial charge in [-0.3, -0.25) is 0 Å². The summed E-state index contributed by atoms with van der Waals surface area (Å²) in [5.74, 6) is -0.834. The zero-order valence-corrected chi connectivity index (χ0v) is 12.7. The molecule has 0 heterocycles. The number of halogens is 5. The second kappa shape index (κ2) is 6.21. The molecule has 2 aromatic rings. The van der Waals surface area contributed by atoms with Crippen LogP contribution in [0.1, 0.15) is 16.0 Å². The van der Waals surface area contributed by atoms with E-state index in [0.29, 0.717) is 17.0 Å². The van der Waals surface area contributed by atoms with Crippen LogP contribution in [0.5, 0.6) is 0 Å². The molecule has 100 valence electrons. The quantitative estimate of drug-likeness (QED) is 0.589. The van der Waals surface area contributed by atoms with Gasteiger partial charge in [0.15, 0.2) is 0 Å². The molecule has 0 aromatic heterocycles. The topological polar surface area (TPSA) is 0 Å². The molecule has 1 unspecified atom stereocenters. The fourth-order valence-corrected chi connectivity index (χ4v) is 2.77. The predicted octanol–water partition coefficient (Wildman–Crippen LogP) is 5.95. The van der Waals surface area contributed by atoms with Crippen LogP contribution in [0.2, 0.25) is 10.0 Å². The highest BCUT2D eigenvalue weighted by atomic mass is 79.9. The van der Waals surface area contributed by atoms with Crippen molar-refractivity contribution in [3.8, 4) is 0 Å². The van der Waals surface area contributed by atoms with Crippen LogP contribution < -0.4 is 0 Å². The molecule has 0 N–H and O–H groups in total. The van der Waals surface area contributed by atoms with Crippen LogP contribution in [0.25, 0.3) is 0 Å². The van der Waals surface area contributed by atoms with Crippen molar-refractivity contribution < 1.29 is 8.78 Å². The van der Waals surface area contributed by atoms with Crippen molar-refractivity contribution in [1.82, 2.24) is 0 Å². The highest BCUT2D eigenvalue weighted by Crippen LogP contribution is 2.32. The standard InChI is InChI=1S/C14H9BrCl2F2/c15-10(8-4-5-14(19)12(17)6-8)7-9-11(16)2-1-3-13(9)18/h1-6,10H,7H2. The van der Waals surface area contributed by atoms with Gasteiger partial charge in [0.2, 0.25) is 0 Å². The van der Waals surface area contributed by atoms with Crippen molar-refractivity contribution in [3.05, 3.63) is 69.2 Å². The molecule has 0 saturated heterocycles. The molecule has 2 rings (SSSR count). The Morgan fingerprint density at radius 1 is 1.00 bits per heavy atom. The average molecular weight is 366 g/mol. The van der Waals surface area contributed by atoms with Crippen molar-refractivity contribution in [2.45, 2.75) is 11.2 Å². The van der Waals surface area contributed by atoms with Gasteiger partial charge in [0.05, 0.1) is 5.02 Å². The lowest BCUT2D eigenvalue weighted by molar-refractivity contribution is 0.608. The summed E-state index contributed by atoms with van der Waals surface area (Å²) in [6.45, 7) is 0. The predicted molar refractivity (Wildman–Crippen MR) is 78.2 cm³/mol. The summed E-state index contributed by atoms with van der Waals surface area (Å²) < 4.78 is 26.8. The minimum atomic E-state index is -0.478. The molecule has 0 aliphatic carbocycles. The monoisotopic (exact) mass is 364 g/mol. The largest absolute Gasteiger partial charge is 0.207 e. The second-order valence-electron chi connectivity index (χ2n) is 4.05. The molecule has 0 aliphatic heterocycles. The molecule has 19 heavy (non-hydrogen) atoms. The lowest BCUT2D eigenvalue weighted by Crippen LogP contribution is -1.99. The maximum absolute atomic E-state index is 13.7. The van der Waals surface area contributed by atoms with Crippen LogP contribution in [0, 0.1) is 11.6 Å². The van der Waals surface area contributed by atoms with E-state index in [9.17, 15) is 8.78 Å². The fraction of sp³-hybridized carbons (Fsp3) is 0.143. The first-order chi connectivity index (χ1) is 8.99. The van der Waals surface area contributed by atoms with Crippen molar-refractivity contribution in [2.24, 2.45) is 0 Å². The summed E-state index contributed by atoms with van der Waals surface area (Å²) in [4.78, 5) is -0.194. The Morgan fingerprint density at radius 3 is 2.37 bits per heavy atom. The Bertz CT molecular complexity index is 582. The third-order valence-corrected chi connectivity index (χ3v) is 4.25. The molecule has 2 aromatic carbocycles. The molecule has 1 atom stereocenters. The molecule has 0 saturated carbocycles. The van der Waals surface area contributed by atoms with Crippen LogP contribution in [0.3, 0.4) is 0 Å². The molecular weight excluding hydrogens is 357 g/mol. The van der Waals surface area contributed by atoms with Crippen molar-refractivity contribution in [1.29, 1.82) is 0 Å². The summed E-state index contributed by atoms with van der Waals surface area (Å²) in [5.41, 5.74) is 1.19. The lowest BCUT2D eigenvalue weighted by Gasteiger charge is -2.13. The SMILES string of the molecule is Fc1ccc(C(Br)Cc2c(F)cccc2Cl)cc1Cl. The van der Waals surface area contributed by atoms with Gasteiger partial charge in [-0.15, -0.1) is 0 Å². The summed E-state index contributed by atoms with van der Waals surface area (Å²) in [5, 5.41) is 0.416. The maximum atomic E-state index is 13.7. The molecule has 0 amide bonds. The van der Waals surface area contributed by atoms with Gasteiger partial charge in [0.1, 0.15) is 11.6 Å². The summed E-state index contributed by atoms with van der Waals surface area (Å²) >= 11 is 15.1. The summed E-state index contributed by atoms with van der Waals surface area (Å²) in [6.07, 6.45) is 0.355. The Balaban J connectivity index is 2.25. The Hall–Kier alpha value is -0.640. The molecule has 0 fully saturated rings. The van der Waals surface area contributed by atoms with E-state index < -0.39 is 5.82 Å². The van der Waals surface area contributed by atoms with E-state index in [2.05, 4.69) is 15.9 Å². The van der Waals surface area contributed by atoms with E-state index >= 15 is 0 Å². The molecule has 0 radical (unpaired) electrons. The molecule has 0 aliphatic rings. The number of alkyl halides is 1. The van der Waals surface area contributed by atoms with Crippen LogP contribution in [0.15, 0.2) is 36.4 Å². The summed E-state index contributed by atoms with van der Waals surface area (Å²) in [7, 11) is 0. The van der Waals surface area contributed by atoms with Gasteiger partial charge in [-0.05, 0) is 36.2 Å². The minimum Gasteiger partial charge on any atom is -0.207 e. The first-order valence-corrected chi connectivity index (χ1v) is 7.18. The maximum Gasteiger partial charge on any atom is 0.141 e. The smallest absolute Gasteiger partial charge is 0.141 e. The zero-order chi connectivity index (χ0) is 14.0. The minimum absolute atomic E-state index is 0.0431. The van der Waals surface area contributed by atoms with E-state index in [4.69, 9.17) is 23.2 Å². The van der Waals surface area contributed by atoms with Crippen LogP contribution in [-0.4, -0.2) is 0 Å². The highest BCUT2D eigenvalue weighted by molar-refractivity contribution is 9.09. The number of benzene rings is 2. The van der Waals surface area contributed by atoms with Gasteiger partial charge < -0.3 is 0 Å². The number of hydrogen-bond donors (Lipinski definition) is 0. The Labute approximate surface area is 128 Å². The zero-order valence-electron chi connectivity index (χ0n) is 9.64. The first-order valence-electron chi connectivity index (χ1n) is 5.51.